The second-order valence-corrected chi connectivity index (χ2v) is 4.69. The van der Waals surface area contributed by atoms with Crippen molar-refractivity contribution in [2.24, 2.45) is 0 Å². The Kier molecular flexibility index (Phi) is 5.50. The van der Waals surface area contributed by atoms with Crippen molar-refractivity contribution in [3.05, 3.63) is 59.9 Å². The number of esters is 1. The van der Waals surface area contributed by atoms with E-state index in [-0.39, 0.29) is 25.1 Å². The van der Waals surface area contributed by atoms with Gasteiger partial charge >= 0.3 is 5.97 Å². The molecule has 0 aliphatic rings. The molecular formula is C17H16N2O3. The van der Waals surface area contributed by atoms with Crippen molar-refractivity contribution in [1.29, 1.82) is 5.26 Å². The van der Waals surface area contributed by atoms with Crippen LogP contribution >= 0.6 is 0 Å². The summed E-state index contributed by atoms with van der Waals surface area (Å²) in [7, 11) is 0. The average molecular weight is 296 g/mol. The minimum Gasteiger partial charge on any atom is -0.479 e. The van der Waals surface area contributed by atoms with Crippen LogP contribution in [0.5, 0.6) is 5.75 Å². The van der Waals surface area contributed by atoms with E-state index in [1.807, 2.05) is 18.2 Å². The molecule has 22 heavy (non-hydrogen) atoms. The molecule has 1 unspecified atom stereocenters. The number of hydrogen-bond acceptors (Lipinski definition) is 5. The predicted molar refractivity (Wildman–Crippen MR) is 80.0 cm³/mol. The zero-order valence-corrected chi connectivity index (χ0v) is 12.2. The molecule has 1 aromatic heterocycles. The summed E-state index contributed by atoms with van der Waals surface area (Å²) in [6, 6.07) is 12.6. The van der Waals surface area contributed by atoms with E-state index in [1.165, 1.54) is 0 Å². The van der Waals surface area contributed by atoms with Gasteiger partial charge in [-0.1, -0.05) is 18.2 Å². The molecule has 112 valence electrons. The van der Waals surface area contributed by atoms with E-state index in [9.17, 15) is 4.79 Å². The Labute approximate surface area is 129 Å². The number of pyridine rings is 1. The molecule has 2 aromatic rings. The first-order valence-corrected chi connectivity index (χ1v) is 6.87. The van der Waals surface area contributed by atoms with Crippen LogP contribution in [0.2, 0.25) is 0 Å². The number of carbonyl (C=O) groups excluding carboxylic acids is 1. The van der Waals surface area contributed by atoms with Gasteiger partial charge in [-0.05, 0) is 30.7 Å². The number of aromatic nitrogens is 1. The lowest BCUT2D eigenvalue weighted by Gasteiger charge is -2.13. The molecule has 2 rings (SSSR count). The highest BCUT2D eigenvalue weighted by molar-refractivity contribution is 5.73. The molecular weight excluding hydrogens is 280 g/mol. The second kappa shape index (κ2) is 7.79. The number of benzene rings is 1. The second-order valence-electron chi connectivity index (χ2n) is 4.69. The minimum atomic E-state index is -0.348. The Hall–Kier alpha value is -2.87. The molecule has 1 atom stereocenters. The van der Waals surface area contributed by atoms with Crippen molar-refractivity contribution in [3.8, 4) is 11.8 Å². The van der Waals surface area contributed by atoms with Gasteiger partial charge < -0.3 is 9.47 Å². The third kappa shape index (κ3) is 4.60. The number of nitrogens with zero attached hydrogens (tertiary/aromatic N) is 2. The van der Waals surface area contributed by atoms with Gasteiger partial charge in [-0.15, -0.1) is 0 Å². The highest BCUT2D eigenvalue weighted by Crippen LogP contribution is 2.18. The lowest BCUT2D eigenvalue weighted by Crippen LogP contribution is -2.11. The van der Waals surface area contributed by atoms with Crippen molar-refractivity contribution in [2.45, 2.75) is 19.4 Å². The number of nitriles is 1. The maximum Gasteiger partial charge on any atom is 0.310 e. The summed E-state index contributed by atoms with van der Waals surface area (Å²) in [4.78, 5) is 16.0. The number of ether oxygens (including phenoxy) is 2. The van der Waals surface area contributed by atoms with Crippen LogP contribution in [0.3, 0.4) is 0 Å². The molecule has 0 aliphatic carbocycles. The maximum absolute atomic E-state index is 12.0. The van der Waals surface area contributed by atoms with E-state index in [0.717, 1.165) is 11.1 Å². The fourth-order valence-corrected chi connectivity index (χ4v) is 1.95. The summed E-state index contributed by atoms with van der Waals surface area (Å²) < 4.78 is 10.6. The Balaban J connectivity index is 1.93. The van der Waals surface area contributed by atoms with Crippen LogP contribution in [0.15, 0.2) is 48.8 Å². The molecule has 0 saturated carbocycles. The SMILES string of the molecule is CC(OC(=O)Cc1cccc(OCC#N)c1)c1cccnc1. The van der Waals surface area contributed by atoms with E-state index in [2.05, 4.69) is 4.98 Å². The number of carbonyl (C=O) groups is 1. The molecule has 1 aromatic carbocycles. The smallest absolute Gasteiger partial charge is 0.310 e. The van der Waals surface area contributed by atoms with Crippen LogP contribution in [0.4, 0.5) is 0 Å². The lowest BCUT2D eigenvalue weighted by atomic mass is 10.1. The maximum atomic E-state index is 12.0. The summed E-state index contributed by atoms with van der Waals surface area (Å²) in [6.45, 7) is 1.79. The quantitative estimate of drug-likeness (QED) is 0.766. The Morgan fingerprint density at radius 3 is 2.95 bits per heavy atom. The highest BCUT2D eigenvalue weighted by atomic mass is 16.5. The Morgan fingerprint density at radius 1 is 1.36 bits per heavy atom. The molecule has 0 bridgehead atoms. The van der Waals surface area contributed by atoms with Crippen LogP contribution in [-0.2, 0) is 16.0 Å². The standard InChI is InChI=1S/C17H16N2O3/c1-13(15-5-3-8-19-12-15)22-17(20)11-14-4-2-6-16(10-14)21-9-7-18/h2-6,8,10,12-13H,9,11H2,1H3. The van der Waals surface area contributed by atoms with Crippen LogP contribution in [0.25, 0.3) is 0 Å². The number of hydrogen-bond donors (Lipinski definition) is 0. The summed E-state index contributed by atoms with van der Waals surface area (Å²) in [5, 5.41) is 8.50. The number of rotatable bonds is 6. The van der Waals surface area contributed by atoms with Crippen LogP contribution in [0, 0.1) is 11.3 Å². The normalized spacial score (nSPS) is 11.3. The minimum absolute atomic E-state index is 0.0219. The zero-order valence-electron chi connectivity index (χ0n) is 12.2. The third-order valence-corrected chi connectivity index (χ3v) is 3.01. The monoisotopic (exact) mass is 296 g/mol. The molecule has 5 nitrogen and oxygen atoms in total. The van der Waals surface area contributed by atoms with Crippen LogP contribution < -0.4 is 4.74 Å². The average Bonchev–Trinajstić information content (AvgIpc) is 2.54. The highest BCUT2D eigenvalue weighted by Gasteiger charge is 2.12. The fourth-order valence-electron chi connectivity index (χ4n) is 1.95. The Bertz CT molecular complexity index is 665. The molecule has 0 radical (unpaired) electrons. The van der Waals surface area contributed by atoms with Gasteiger partial charge in [-0.3, -0.25) is 9.78 Å². The van der Waals surface area contributed by atoms with Crippen molar-refractivity contribution in [1.82, 2.24) is 4.98 Å². The molecule has 0 spiro atoms. The van der Waals surface area contributed by atoms with Gasteiger partial charge in [0.05, 0.1) is 6.42 Å². The fraction of sp³-hybridized carbons (Fsp3) is 0.235. The van der Waals surface area contributed by atoms with E-state index in [4.69, 9.17) is 14.7 Å². The van der Waals surface area contributed by atoms with Gasteiger partial charge in [0.1, 0.15) is 17.9 Å². The topological polar surface area (TPSA) is 72.2 Å². The predicted octanol–water partition coefficient (Wildman–Crippen LogP) is 2.83. The first-order chi connectivity index (χ1) is 10.7. The van der Waals surface area contributed by atoms with Gasteiger partial charge in [-0.25, -0.2) is 0 Å². The van der Waals surface area contributed by atoms with Crippen molar-refractivity contribution in [3.63, 3.8) is 0 Å². The van der Waals surface area contributed by atoms with E-state index < -0.39 is 0 Å². The lowest BCUT2D eigenvalue weighted by molar-refractivity contribution is -0.147. The van der Waals surface area contributed by atoms with Gasteiger partial charge in [-0.2, -0.15) is 5.26 Å². The molecule has 0 fully saturated rings. The summed E-state index contributed by atoms with van der Waals surface area (Å²) in [5.74, 6) is 0.237. The molecule has 0 N–H and O–H groups in total. The van der Waals surface area contributed by atoms with Gasteiger partial charge in [0, 0.05) is 18.0 Å². The molecule has 1 heterocycles. The largest absolute Gasteiger partial charge is 0.479 e. The van der Waals surface area contributed by atoms with Gasteiger partial charge in [0.15, 0.2) is 6.61 Å². The van der Waals surface area contributed by atoms with Crippen molar-refractivity contribution >= 4 is 5.97 Å². The van der Waals surface area contributed by atoms with Gasteiger partial charge in [0.25, 0.3) is 0 Å². The summed E-state index contributed by atoms with van der Waals surface area (Å²) in [5.41, 5.74) is 1.63. The summed E-state index contributed by atoms with van der Waals surface area (Å²) >= 11 is 0. The van der Waals surface area contributed by atoms with Crippen molar-refractivity contribution in [2.75, 3.05) is 6.61 Å². The van der Waals surface area contributed by atoms with E-state index in [1.54, 1.807) is 43.6 Å². The first-order valence-electron chi connectivity index (χ1n) is 6.87. The molecule has 0 amide bonds. The molecule has 5 heteroatoms. The first kappa shape index (κ1) is 15.5. The van der Waals surface area contributed by atoms with Gasteiger partial charge in [0.2, 0.25) is 0 Å². The molecule has 0 saturated heterocycles. The molecule has 0 aliphatic heterocycles. The third-order valence-electron chi connectivity index (χ3n) is 3.01. The summed E-state index contributed by atoms with van der Waals surface area (Å²) in [6.07, 6.45) is 3.15. The van der Waals surface area contributed by atoms with E-state index >= 15 is 0 Å². The van der Waals surface area contributed by atoms with Crippen LogP contribution in [0.1, 0.15) is 24.2 Å². The van der Waals surface area contributed by atoms with Crippen LogP contribution in [-0.4, -0.2) is 17.6 Å². The van der Waals surface area contributed by atoms with Crippen molar-refractivity contribution < 1.29 is 14.3 Å². The zero-order chi connectivity index (χ0) is 15.8. The Morgan fingerprint density at radius 2 is 2.23 bits per heavy atom. The van der Waals surface area contributed by atoms with E-state index in [0.29, 0.717) is 5.75 Å².